The SMILES string of the molecule is COc1cccc2c(C(=O)N3CCCC3C(N)=O)nn(CCN3CCOCC3)c12. The van der Waals surface area contributed by atoms with Gasteiger partial charge in [-0.1, -0.05) is 12.1 Å². The minimum absolute atomic E-state index is 0.255. The monoisotopic (exact) mass is 401 g/mol. The van der Waals surface area contributed by atoms with Crippen LogP contribution in [0.15, 0.2) is 18.2 Å². The molecule has 2 amide bonds. The van der Waals surface area contributed by atoms with E-state index in [1.54, 1.807) is 12.0 Å². The van der Waals surface area contributed by atoms with Crippen LogP contribution in [0.3, 0.4) is 0 Å². The Balaban J connectivity index is 1.67. The molecule has 9 nitrogen and oxygen atoms in total. The third kappa shape index (κ3) is 3.79. The molecule has 2 aromatic rings. The predicted octanol–water partition coefficient (Wildman–Crippen LogP) is 0.467. The number of benzene rings is 1. The highest BCUT2D eigenvalue weighted by atomic mass is 16.5. The number of carbonyl (C=O) groups is 2. The standard InChI is InChI=1S/C20H27N5O4/c1-28-16-6-2-4-14-17(20(27)24-7-3-5-15(24)19(21)26)22-25(18(14)16)9-8-23-10-12-29-13-11-23/h2,4,6,15H,3,5,7-13H2,1H3,(H2,21,26). The second-order valence-electron chi connectivity index (χ2n) is 7.44. The summed E-state index contributed by atoms with van der Waals surface area (Å²) >= 11 is 0. The Labute approximate surface area is 169 Å². The summed E-state index contributed by atoms with van der Waals surface area (Å²) in [6, 6.07) is 5.02. The van der Waals surface area contributed by atoms with E-state index >= 15 is 0 Å². The second-order valence-corrected chi connectivity index (χ2v) is 7.44. The van der Waals surface area contributed by atoms with Gasteiger partial charge in [0.05, 0.1) is 26.9 Å². The van der Waals surface area contributed by atoms with Crippen LogP contribution < -0.4 is 10.5 Å². The first-order valence-electron chi connectivity index (χ1n) is 10.0. The molecule has 1 atom stereocenters. The lowest BCUT2D eigenvalue weighted by molar-refractivity contribution is -0.121. The molecule has 1 aromatic carbocycles. The molecule has 29 heavy (non-hydrogen) atoms. The van der Waals surface area contributed by atoms with E-state index < -0.39 is 11.9 Å². The van der Waals surface area contributed by atoms with E-state index in [4.69, 9.17) is 15.2 Å². The van der Waals surface area contributed by atoms with Crippen molar-refractivity contribution in [3.05, 3.63) is 23.9 Å². The summed E-state index contributed by atoms with van der Waals surface area (Å²) in [6.07, 6.45) is 1.36. The molecule has 3 heterocycles. The number of methoxy groups -OCH3 is 1. The van der Waals surface area contributed by atoms with Crippen LogP contribution in [-0.2, 0) is 16.1 Å². The quantitative estimate of drug-likeness (QED) is 0.755. The molecule has 0 radical (unpaired) electrons. The number of para-hydroxylation sites is 1. The molecule has 2 fully saturated rings. The number of hydrogen-bond donors (Lipinski definition) is 1. The van der Waals surface area contributed by atoms with Crippen molar-refractivity contribution in [1.82, 2.24) is 19.6 Å². The van der Waals surface area contributed by atoms with Gasteiger partial charge >= 0.3 is 0 Å². The third-order valence-corrected chi connectivity index (χ3v) is 5.73. The molecule has 0 aliphatic carbocycles. The van der Waals surface area contributed by atoms with Crippen molar-refractivity contribution in [1.29, 1.82) is 0 Å². The molecular weight excluding hydrogens is 374 g/mol. The number of primary amides is 1. The molecule has 2 aliphatic rings. The van der Waals surface area contributed by atoms with Crippen LogP contribution in [0.4, 0.5) is 0 Å². The molecule has 156 valence electrons. The second kappa shape index (κ2) is 8.38. The first-order valence-corrected chi connectivity index (χ1v) is 10.0. The summed E-state index contributed by atoms with van der Waals surface area (Å²) in [5, 5.41) is 5.38. The summed E-state index contributed by atoms with van der Waals surface area (Å²) in [4.78, 5) is 28.9. The fourth-order valence-corrected chi connectivity index (χ4v) is 4.19. The molecule has 0 saturated carbocycles. The van der Waals surface area contributed by atoms with Gasteiger partial charge in [-0.05, 0) is 18.9 Å². The van der Waals surface area contributed by atoms with Crippen LogP contribution in [-0.4, -0.2) is 83.9 Å². The van der Waals surface area contributed by atoms with Crippen LogP contribution in [0.1, 0.15) is 23.3 Å². The maximum atomic E-state index is 13.3. The summed E-state index contributed by atoms with van der Waals surface area (Å²) in [7, 11) is 1.61. The minimum atomic E-state index is -0.568. The number of carbonyl (C=O) groups excluding carboxylic acids is 2. The van der Waals surface area contributed by atoms with Crippen LogP contribution >= 0.6 is 0 Å². The molecule has 4 rings (SSSR count). The summed E-state index contributed by atoms with van der Waals surface area (Å²) in [6.45, 7) is 5.18. The van der Waals surface area contributed by atoms with Gasteiger partial charge < -0.3 is 20.1 Å². The Bertz CT molecular complexity index is 906. The van der Waals surface area contributed by atoms with Crippen molar-refractivity contribution in [2.45, 2.75) is 25.4 Å². The van der Waals surface area contributed by atoms with Crippen molar-refractivity contribution in [3.8, 4) is 5.75 Å². The van der Waals surface area contributed by atoms with Crippen molar-refractivity contribution in [2.75, 3.05) is 46.5 Å². The third-order valence-electron chi connectivity index (χ3n) is 5.73. The van der Waals surface area contributed by atoms with E-state index in [1.165, 1.54) is 0 Å². The zero-order valence-corrected chi connectivity index (χ0v) is 16.7. The van der Waals surface area contributed by atoms with Crippen LogP contribution in [0.2, 0.25) is 0 Å². The van der Waals surface area contributed by atoms with E-state index in [9.17, 15) is 9.59 Å². The van der Waals surface area contributed by atoms with Crippen molar-refractivity contribution in [2.24, 2.45) is 5.73 Å². The van der Waals surface area contributed by atoms with Crippen molar-refractivity contribution < 1.29 is 19.1 Å². The first kappa shape index (κ1) is 19.7. The van der Waals surface area contributed by atoms with E-state index in [-0.39, 0.29) is 5.91 Å². The number of ether oxygens (including phenoxy) is 2. The predicted molar refractivity (Wildman–Crippen MR) is 107 cm³/mol. The van der Waals surface area contributed by atoms with Gasteiger partial charge in [-0.25, -0.2) is 0 Å². The lowest BCUT2D eigenvalue weighted by Gasteiger charge is -2.26. The highest BCUT2D eigenvalue weighted by Crippen LogP contribution is 2.30. The Hall–Kier alpha value is -2.65. The van der Waals surface area contributed by atoms with Gasteiger partial charge in [0.2, 0.25) is 5.91 Å². The Morgan fingerprint density at radius 3 is 2.76 bits per heavy atom. The highest BCUT2D eigenvalue weighted by molar-refractivity contribution is 6.07. The van der Waals surface area contributed by atoms with E-state index in [0.29, 0.717) is 31.0 Å². The number of hydrogen-bond acceptors (Lipinski definition) is 6. The molecule has 2 saturated heterocycles. The lowest BCUT2D eigenvalue weighted by atomic mass is 10.1. The molecule has 1 aromatic heterocycles. The van der Waals surface area contributed by atoms with Crippen LogP contribution in [0.5, 0.6) is 5.75 Å². The number of likely N-dealkylation sites (tertiary alicyclic amines) is 1. The highest BCUT2D eigenvalue weighted by Gasteiger charge is 2.35. The van der Waals surface area contributed by atoms with Crippen LogP contribution in [0.25, 0.3) is 10.9 Å². The fourth-order valence-electron chi connectivity index (χ4n) is 4.19. The molecule has 2 aliphatic heterocycles. The Kier molecular flexibility index (Phi) is 5.68. The van der Waals surface area contributed by atoms with Gasteiger partial charge in [0.15, 0.2) is 5.69 Å². The minimum Gasteiger partial charge on any atom is -0.494 e. The molecule has 2 N–H and O–H groups in total. The van der Waals surface area contributed by atoms with Gasteiger partial charge in [-0.3, -0.25) is 19.2 Å². The summed E-state index contributed by atoms with van der Waals surface area (Å²) in [5.41, 5.74) is 6.64. The number of amides is 2. The number of nitrogens with two attached hydrogens (primary N) is 1. The number of fused-ring (bicyclic) bond motifs is 1. The largest absolute Gasteiger partial charge is 0.494 e. The smallest absolute Gasteiger partial charge is 0.275 e. The molecule has 0 bridgehead atoms. The number of morpholine rings is 1. The first-order chi connectivity index (χ1) is 14.1. The van der Waals surface area contributed by atoms with E-state index in [2.05, 4.69) is 10.00 Å². The van der Waals surface area contributed by atoms with Gasteiger partial charge in [-0.15, -0.1) is 0 Å². The van der Waals surface area contributed by atoms with Crippen molar-refractivity contribution >= 4 is 22.7 Å². The van der Waals surface area contributed by atoms with E-state index in [0.717, 1.165) is 50.2 Å². The number of rotatable bonds is 6. The average molecular weight is 401 g/mol. The zero-order chi connectivity index (χ0) is 20.4. The molecule has 0 spiro atoms. The van der Waals surface area contributed by atoms with Gasteiger partial charge in [0, 0.05) is 31.6 Å². The van der Waals surface area contributed by atoms with Gasteiger partial charge in [-0.2, -0.15) is 5.10 Å². The summed E-state index contributed by atoms with van der Waals surface area (Å²) in [5.74, 6) is -0.0527. The molecular formula is C20H27N5O4. The van der Waals surface area contributed by atoms with Crippen LogP contribution in [0, 0.1) is 0 Å². The topological polar surface area (TPSA) is 103 Å². The Morgan fingerprint density at radius 2 is 2.03 bits per heavy atom. The molecule has 9 heteroatoms. The maximum absolute atomic E-state index is 13.3. The van der Waals surface area contributed by atoms with Gasteiger partial charge in [0.25, 0.3) is 5.91 Å². The lowest BCUT2D eigenvalue weighted by Crippen LogP contribution is -2.43. The average Bonchev–Trinajstić information content (AvgIpc) is 3.38. The molecule has 1 unspecified atom stereocenters. The maximum Gasteiger partial charge on any atom is 0.275 e. The van der Waals surface area contributed by atoms with E-state index in [1.807, 2.05) is 22.9 Å². The Morgan fingerprint density at radius 1 is 1.24 bits per heavy atom. The fraction of sp³-hybridized carbons (Fsp3) is 0.550. The van der Waals surface area contributed by atoms with Gasteiger partial charge in [0.1, 0.15) is 17.3 Å². The number of aromatic nitrogens is 2. The zero-order valence-electron chi connectivity index (χ0n) is 16.7. The van der Waals surface area contributed by atoms with Crippen molar-refractivity contribution in [3.63, 3.8) is 0 Å². The normalized spacial score (nSPS) is 20.3. The number of nitrogens with zero attached hydrogens (tertiary/aromatic N) is 4. The summed E-state index contributed by atoms with van der Waals surface area (Å²) < 4.78 is 12.8.